The van der Waals surface area contributed by atoms with E-state index in [1.54, 1.807) is 0 Å². The van der Waals surface area contributed by atoms with E-state index in [4.69, 9.17) is 10.5 Å². The largest absolute Gasteiger partial charge is 0.374 e. The third-order valence-corrected chi connectivity index (χ3v) is 7.32. The summed E-state index contributed by atoms with van der Waals surface area (Å²) < 4.78 is 7.48. The summed E-state index contributed by atoms with van der Waals surface area (Å²) in [6, 6.07) is 11.0. The van der Waals surface area contributed by atoms with Crippen LogP contribution in [0.15, 0.2) is 30.3 Å². The van der Waals surface area contributed by atoms with Gasteiger partial charge in [0.2, 0.25) is 0 Å². The Morgan fingerprint density at radius 2 is 2.24 bits per heavy atom. The van der Waals surface area contributed by atoms with Gasteiger partial charge in [-0.3, -0.25) is 0 Å². The summed E-state index contributed by atoms with van der Waals surface area (Å²) in [5, 5.41) is 1.33. The minimum atomic E-state index is 0.127. The van der Waals surface area contributed by atoms with Crippen LogP contribution < -0.4 is 5.73 Å². The average molecular weight is 319 g/mol. The highest BCUT2D eigenvalue weighted by atomic mass is 32.2. The van der Waals surface area contributed by atoms with Gasteiger partial charge in [-0.25, -0.2) is 0 Å². The van der Waals surface area contributed by atoms with E-state index in [0.29, 0.717) is 5.92 Å². The Labute approximate surface area is 134 Å². The second-order valence-electron chi connectivity index (χ2n) is 6.30. The molecule has 2 N–H and O–H groups in total. The predicted octanol–water partition coefficient (Wildman–Crippen LogP) is 4.20. The molecule has 4 heteroatoms. The van der Waals surface area contributed by atoms with Crippen LogP contribution in [0.3, 0.4) is 0 Å². The highest BCUT2D eigenvalue weighted by molar-refractivity contribution is 7.99. The Kier molecular flexibility index (Phi) is 3.74. The number of hydrogen-bond donors (Lipinski definition) is 1. The molecule has 2 nitrogen and oxygen atoms in total. The zero-order valence-corrected chi connectivity index (χ0v) is 13.7. The maximum Gasteiger partial charge on any atom is 0.0783 e. The molecule has 21 heavy (non-hydrogen) atoms. The van der Waals surface area contributed by atoms with Crippen molar-refractivity contribution in [1.82, 2.24) is 0 Å². The van der Waals surface area contributed by atoms with Crippen LogP contribution >= 0.6 is 23.1 Å². The van der Waals surface area contributed by atoms with Crippen molar-refractivity contribution in [3.05, 3.63) is 35.2 Å². The number of nitrogens with two attached hydrogens (primary N) is 1. The average Bonchev–Trinajstić information content (AvgIpc) is 3.13. The maximum atomic E-state index is 6.63. The van der Waals surface area contributed by atoms with Crippen LogP contribution in [0, 0.1) is 5.92 Å². The van der Waals surface area contributed by atoms with E-state index < -0.39 is 0 Å². The Bertz CT molecular complexity index is 600. The number of thioether (sulfide) groups is 1. The molecule has 3 heterocycles. The van der Waals surface area contributed by atoms with Crippen LogP contribution in [0.4, 0.5) is 0 Å². The summed E-state index contributed by atoms with van der Waals surface area (Å²) in [6.07, 6.45) is 3.44. The smallest absolute Gasteiger partial charge is 0.0783 e. The first-order valence-corrected chi connectivity index (χ1v) is 9.69. The molecule has 2 fully saturated rings. The number of thiophene rings is 1. The first-order valence-electron chi connectivity index (χ1n) is 7.72. The summed E-state index contributed by atoms with van der Waals surface area (Å²) in [5.74, 6) is 2.96. The molecule has 2 aliphatic heterocycles. The summed E-state index contributed by atoms with van der Waals surface area (Å²) in [7, 11) is 0. The van der Waals surface area contributed by atoms with Gasteiger partial charge in [-0.1, -0.05) is 18.2 Å². The van der Waals surface area contributed by atoms with Gasteiger partial charge in [0.1, 0.15) is 0 Å². The van der Waals surface area contributed by atoms with Crippen LogP contribution in [-0.4, -0.2) is 23.7 Å². The Balaban J connectivity index is 1.57. The fourth-order valence-corrected chi connectivity index (χ4v) is 6.17. The van der Waals surface area contributed by atoms with Crippen molar-refractivity contribution in [3.63, 3.8) is 0 Å². The normalized spacial score (nSPS) is 31.0. The molecule has 1 aromatic heterocycles. The lowest BCUT2D eigenvalue weighted by Gasteiger charge is -2.39. The summed E-state index contributed by atoms with van der Waals surface area (Å²) in [5.41, 5.74) is 6.76. The van der Waals surface area contributed by atoms with Gasteiger partial charge in [-0.2, -0.15) is 11.8 Å². The fourth-order valence-electron chi connectivity index (χ4n) is 3.63. The molecular weight excluding hydrogens is 298 g/mol. The third-order valence-electron chi connectivity index (χ3n) is 4.88. The second-order valence-corrected chi connectivity index (χ2v) is 8.52. The zero-order valence-electron chi connectivity index (χ0n) is 12.1. The molecule has 112 valence electrons. The monoisotopic (exact) mass is 319 g/mol. The number of hydrogen-bond acceptors (Lipinski definition) is 4. The van der Waals surface area contributed by atoms with Gasteiger partial charge < -0.3 is 10.5 Å². The third kappa shape index (κ3) is 2.63. The SMILES string of the molecule is NC(c1cc2ccccc2s1)C1CCOC2(CCSC2)C1. The molecule has 2 saturated heterocycles. The maximum absolute atomic E-state index is 6.63. The van der Waals surface area contributed by atoms with Gasteiger partial charge in [-0.05, 0) is 48.5 Å². The van der Waals surface area contributed by atoms with Gasteiger partial charge in [0.25, 0.3) is 0 Å². The first kappa shape index (κ1) is 14.1. The quantitative estimate of drug-likeness (QED) is 0.901. The van der Waals surface area contributed by atoms with E-state index in [2.05, 4.69) is 30.3 Å². The van der Waals surface area contributed by atoms with Gasteiger partial charge in [0.15, 0.2) is 0 Å². The van der Waals surface area contributed by atoms with Crippen LogP contribution in [0.25, 0.3) is 10.1 Å². The number of rotatable bonds is 2. The number of ether oxygens (including phenoxy) is 1. The predicted molar refractivity (Wildman–Crippen MR) is 92.1 cm³/mol. The Morgan fingerprint density at radius 1 is 1.33 bits per heavy atom. The van der Waals surface area contributed by atoms with Gasteiger partial charge in [-0.15, -0.1) is 11.3 Å². The van der Waals surface area contributed by atoms with Crippen molar-refractivity contribution in [2.75, 3.05) is 18.1 Å². The van der Waals surface area contributed by atoms with Crippen LogP contribution in [0.5, 0.6) is 0 Å². The van der Waals surface area contributed by atoms with Crippen LogP contribution in [-0.2, 0) is 4.74 Å². The van der Waals surface area contributed by atoms with E-state index in [9.17, 15) is 0 Å². The Hall–Kier alpha value is -0.550. The molecule has 0 radical (unpaired) electrons. The molecule has 1 spiro atoms. The van der Waals surface area contributed by atoms with Gasteiger partial charge >= 0.3 is 0 Å². The molecule has 3 unspecified atom stereocenters. The van der Waals surface area contributed by atoms with E-state index >= 15 is 0 Å². The Morgan fingerprint density at radius 3 is 3.05 bits per heavy atom. The number of fused-ring (bicyclic) bond motifs is 1. The minimum absolute atomic E-state index is 0.127. The highest BCUT2D eigenvalue weighted by Gasteiger charge is 2.42. The van der Waals surface area contributed by atoms with Crippen molar-refractivity contribution in [3.8, 4) is 0 Å². The van der Waals surface area contributed by atoms with Crippen LogP contribution in [0.2, 0.25) is 0 Å². The summed E-state index contributed by atoms with van der Waals surface area (Å²) in [6.45, 7) is 0.879. The second kappa shape index (κ2) is 5.58. The highest BCUT2D eigenvalue weighted by Crippen LogP contribution is 2.44. The standard InChI is InChI=1S/C17H21NOS2/c18-16(15-9-12-3-1-2-4-14(12)21-15)13-5-7-19-17(10-13)6-8-20-11-17/h1-4,9,13,16H,5-8,10-11,18H2. The molecule has 1 aromatic carbocycles. The molecule has 0 amide bonds. The molecule has 4 rings (SSSR count). The van der Waals surface area contributed by atoms with Crippen molar-refractivity contribution >= 4 is 33.2 Å². The minimum Gasteiger partial charge on any atom is -0.374 e. The molecule has 0 saturated carbocycles. The molecule has 2 aliphatic rings. The van der Waals surface area contributed by atoms with Crippen molar-refractivity contribution in [1.29, 1.82) is 0 Å². The molecule has 0 bridgehead atoms. The van der Waals surface area contributed by atoms with E-state index in [0.717, 1.165) is 25.2 Å². The fraction of sp³-hybridized carbons (Fsp3) is 0.529. The first-order chi connectivity index (χ1) is 10.3. The molecule has 3 atom stereocenters. The lowest BCUT2D eigenvalue weighted by Crippen LogP contribution is -2.42. The number of benzene rings is 1. The lowest BCUT2D eigenvalue weighted by molar-refractivity contribution is -0.0832. The molecule has 2 aromatic rings. The summed E-state index contributed by atoms with van der Waals surface area (Å²) >= 11 is 3.89. The van der Waals surface area contributed by atoms with E-state index in [1.807, 2.05) is 23.1 Å². The topological polar surface area (TPSA) is 35.2 Å². The van der Waals surface area contributed by atoms with Gasteiger partial charge in [0.05, 0.1) is 5.60 Å². The van der Waals surface area contributed by atoms with Crippen LogP contribution in [0.1, 0.15) is 30.2 Å². The summed E-state index contributed by atoms with van der Waals surface area (Å²) in [4.78, 5) is 1.34. The van der Waals surface area contributed by atoms with E-state index in [-0.39, 0.29) is 11.6 Å². The van der Waals surface area contributed by atoms with Gasteiger partial charge in [0, 0.05) is 28.0 Å². The molecular formula is C17H21NOS2. The van der Waals surface area contributed by atoms with E-state index in [1.165, 1.54) is 27.1 Å². The molecule has 0 aliphatic carbocycles. The van der Waals surface area contributed by atoms with Crippen molar-refractivity contribution in [2.24, 2.45) is 11.7 Å². The van der Waals surface area contributed by atoms with Crippen molar-refractivity contribution < 1.29 is 4.74 Å². The zero-order chi connectivity index (χ0) is 14.3. The van der Waals surface area contributed by atoms with Crippen molar-refractivity contribution in [2.45, 2.75) is 30.9 Å². The lowest BCUT2D eigenvalue weighted by atomic mass is 9.81.